The van der Waals surface area contributed by atoms with Crippen LogP contribution in [-0.2, 0) is 22.4 Å². The first-order valence-corrected chi connectivity index (χ1v) is 11.4. The highest BCUT2D eigenvalue weighted by molar-refractivity contribution is 7.99. The molecule has 0 saturated heterocycles. The molecule has 0 radical (unpaired) electrons. The predicted molar refractivity (Wildman–Crippen MR) is 116 cm³/mol. The van der Waals surface area contributed by atoms with Gasteiger partial charge in [0.05, 0.1) is 24.1 Å². The molecule has 1 aliphatic carbocycles. The van der Waals surface area contributed by atoms with Crippen LogP contribution in [0.1, 0.15) is 39.2 Å². The van der Waals surface area contributed by atoms with Gasteiger partial charge >= 0.3 is 5.97 Å². The molecule has 0 bridgehead atoms. The van der Waals surface area contributed by atoms with Gasteiger partial charge in [0, 0.05) is 4.88 Å². The van der Waals surface area contributed by atoms with Gasteiger partial charge in [0.15, 0.2) is 0 Å². The standard InChI is InChI=1S/C20H21N5O3S2/c1-12-7-9-13(10-8-12)25-20(22-23-24-25)29-11-16(26)21-18-17(19(27)28-2)14-5-3-4-6-15(14)30-18/h7-10H,3-6,11H2,1-2H3,(H,21,26). The molecular weight excluding hydrogens is 422 g/mol. The molecule has 0 fully saturated rings. The summed E-state index contributed by atoms with van der Waals surface area (Å²) < 4.78 is 6.55. The normalized spacial score (nSPS) is 13.0. The number of fused-ring (bicyclic) bond motifs is 1. The maximum Gasteiger partial charge on any atom is 0.341 e. The molecule has 30 heavy (non-hydrogen) atoms. The van der Waals surface area contributed by atoms with Crippen LogP contribution >= 0.6 is 23.1 Å². The summed E-state index contributed by atoms with van der Waals surface area (Å²) in [5.41, 5.74) is 3.48. The maximum absolute atomic E-state index is 12.6. The first-order valence-electron chi connectivity index (χ1n) is 9.57. The lowest BCUT2D eigenvalue weighted by atomic mass is 9.95. The van der Waals surface area contributed by atoms with E-state index in [0.29, 0.717) is 15.7 Å². The molecule has 4 rings (SSSR count). The summed E-state index contributed by atoms with van der Waals surface area (Å²) in [6.45, 7) is 2.01. The summed E-state index contributed by atoms with van der Waals surface area (Å²) in [5, 5.41) is 15.7. The van der Waals surface area contributed by atoms with Crippen LogP contribution in [0.25, 0.3) is 5.69 Å². The van der Waals surface area contributed by atoms with Crippen molar-refractivity contribution in [3.63, 3.8) is 0 Å². The molecular formula is C20H21N5O3S2. The number of ether oxygens (including phenoxy) is 1. The van der Waals surface area contributed by atoms with Crippen molar-refractivity contribution in [2.45, 2.75) is 37.8 Å². The lowest BCUT2D eigenvalue weighted by molar-refractivity contribution is -0.113. The van der Waals surface area contributed by atoms with Crippen molar-refractivity contribution in [3.8, 4) is 5.69 Å². The molecule has 0 aliphatic heterocycles. The number of thioether (sulfide) groups is 1. The molecule has 1 aromatic carbocycles. The van der Waals surface area contributed by atoms with Gasteiger partial charge < -0.3 is 10.1 Å². The second kappa shape index (κ2) is 8.97. The van der Waals surface area contributed by atoms with Crippen molar-refractivity contribution in [1.82, 2.24) is 20.2 Å². The number of hydrogen-bond donors (Lipinski definition) is 1. The summed E-state index contributed by atoms with van der Waals surface area (Å²) in [5.74, 6) is -0.502. The number of nitrogens with zero attached hydrogens (tertiary/aromatic N) is 4. The molecule has 1 aliphatic rings. The maximum atomic E-state index is 12.6. The van der Waals surface area contributed by atoms with E-state index in [1.807, 2.05) is 31.2 Å². The molecule has 0 atom stereocenters. The van der Waals surface area contributed by atoms with E-state index in [0.717, 1.165) is 47.4 Å². The van der Waals surface area contributed by atoms with Gasteiger partial charge in [0.2, 0.25) is 11.1 Å². The zero-order valence-corrected chi connectivity index (χ0v) is 18.3. The number of thiophene rings is 1. The van der Waals surface area contributed by atoms with Gasteiger partial charge in [-0.3, -0.25) is 4.79 Å². The van der Waals surface area contributed by atoms with Crippen molar-refractivity contribution in [1.29, 1.82) is 0 Å². The minimum Gasteiger partial charge on any atom is -0.465 e. The number of aryl methyl sites for hydroxylation is 2. The average molecular weight is 444 g/mol. The Morgan fingerprint density at radius 2 is 2.00 bits per heavy atom. The molecule has 1 N–H and O–H groups in total. The van der Waals surface area contributed by atoms with Crippen molar-refractivity contribution in [3.05, 3.63) is 45.8 Å². The summed E-state index contributed by atoms with van der Waals surface area (Å²) >= 11 is 2.71. The number of nitrogens with one attached hydrogen (secondary N) is 1. The molecule has 0 unspecified atom stereocenters. The molecule has 8 nitrogen and oxygen atoms in total. The number of esters is 1. The number of rotatable bonds is 6. The molecule has 0 saturated carbocycles. The van der Waals surface area contributed by atoms with Crippen LogP contribution in [0.5, 0.6) is 0 Å². The van der Waals surface area contributed by atoms with E-state index in [1.165, 1.54) is 30.2 Å². The molecule has 2 heterocycles. The Balaban J connectivity index is 1.47. The summed E-state index contributed by atoms with van der Waals surface area (Å²) in [7, 11) is 1.36. The monoisotopic (exact) mass is 443 g/mol. The fourth-order valence-corrected chi connectivity index (χ4v) is 5.37. The third kappa shape index (κ3) is 4.24. The van der Waals surface area contributed by atoms with Crippen molar-refractivity contribution in [2.24, 2.45) is 0 Å². The number of methoxy groups -OCH3 is 1. The third-order valence-electron chi connectivity index (χ3n) is 4.87. The van der Waals surface area contributed by atoms with Crippen LogP contribution in [-0.4, -0.2) is 44.9 Å². The smallest absolute Gasteiger partial charge is 0.341 e. The zero-order chi connectivity index (χ0) is 21.1. The number of anilines is 1. The van der Waals surface area contributed by atoms with Gasteiger partial charge in [-0.25, -0.2) is 4.79 Å². The molecule has 3 aromatic rings. The Labute approximate surface area is 182 Å². The highest BCUT2D eigenvalue weighted by atomic mass is 32.2. The SMILES string of the molecule is COC(=O)c1c(NC(=O)CSc2nnnn2-c2ccc(C)cc2)sc2c1CCCC2. The number of benzene rings is 1. The van der Waals surface area contributed by atoms with E-state index < -0.39 is 5.97 Å². The van der Waals surface area contributed by atoms with E-state index in [9.17, 15) is 9.59 Å². The van der Waals surface area contributed by atoms with Crippen LogP contribution in [0.15, 0.2) is 29.4 Å². The Hall–Kier alpha value is -2.72. The fraction of sp³-hybridized carbons (Fsp3) is 0.350. The average Bonchev–Trinajstić information content (AvgIpc) is 3.36. The Bertz CT molecular complexity index is 1070. The van der Waals surface area contributed by atoms with E-state index in [-0.39, 0.29) is 11.7 Å². The minimum absolute atomic E-state index is 0.120. The van der Waals surface area contributed by atoms with Gasteiger partial charge in [0.25, 0.3) is 0 Å². The van der Waals surface area contributed by atoms with Crippen LogP contribution in [0.3, 0.4) is 0 Å². The van der Waals surface area contributed by atoms with Crippen molar-refractivity contribution >= 4 is 40.0 Å². The predicted octanol–water partition coefficient (Wildman–Crippen LogP) is 3.43. The van der Waals surface area contributed by atoms with E-state index >= 15 is 0 Å². The third-order valence-corrected chi connectivity index (χ3v) is 6.99. The second-order valence-electron chi connectivity index (χ2n) is 6.95. The number of tetrazole rings is 1. The van der Waals surface area contributed by atoms with Gasteiger partial charge in [-0.05, 0) is 60.7 Å². The van der Waals surface area contributed by atoms with E-state index in [4.69, 9.17) is 4.74 Å². The van der Waals surface area contributed by atoms with Crippen molar-refractivity contribution in [2.75, 3.05) is 18.2 Å². The van der Waals surface area contributed by atoms with Gasteiger partial charge in [-0.15, -0.1) is 16.4 Å². The topological polar surface area (TPSA) is 99.0 Å². The van der Waals surface area contributed by atoms with Crippen LogP contribution in [0, 0.1) is 6.92 Å². The fourth-order valence-electron chi connectivity index (χ4n) is 3.38. The largest absolute Gasteiger partial charge is 0.465 e. The Morgan fingerprint density at radius 1 is 1.23 bits per heavy atom. The van der Waals surface area contributed by atoms with Crippen LogP contribution in [0.2, 0.25) is 0 Å². The Morgan fingerprint density at radius 3 is 2.77 bits per heavy atom. The molecule has 0 spiro atoms. The summed E-state index contributed by atoms with van der Waals surface area (Å²) in [4.78, 5) is 26.1. The second-order valence-corrected chi connectivity index (χ2v) is 9.00. The van der Waals surface area contributed by atoms with Crippen molar-refractivity contribution < 1.29 is 14.3 Å². The van der Waals surface area contributed by atoms with E-state index in [1.54, 1.807) is 4.68 Å². The first kappa shape index (κ1) is 20.5. The molecule has 156 valence electrons. The summed E-state index contributed by atoms with van der Waals surface area (Å²) in [6.07, 6.45) is 3.91. The molecule has 2 aromatic heterocycles. The lowest BCUT2D eigenvalue weighted by Crippen LogP contribution is -2.17. The number of carbonyl (C=O) groups is 2. The minimum atomic E-state index is -0.402. The van der Waals surface area contributed by atoms with Gasteiger partial charge in [-0.2, -0.15) is 4.68 Å². The number of amides is 1. The van der Waals surface area contributed by atoms with Gasteiger partial charge in [-0.1, -0.05) is 29.5 Å². The molecule has 10 heteroatoms. The number of hydrogen-bond acceptors (Lipinski definition) is 8. The first-order chi connectivity index (χ1) is 14.6. The highest BCUT2D eigenvalue weighted by Gasteiger charge is 2.27. The lowest BCUT2D eigenvalue weighted by Gasteiger charge is -2.11. The number of carbonyl (C=O) groups excluding carboxylic acids is 2. The zero-order valence-electron chi connectivity index (χ0n) is 16.7. The van der Waals surface area contributed by atoms with Gasteiger partial charge in [0.1, 0.15) is 5.00 Å². The van der Waals surface area contributed by atoms with E-state index in [2.05, 4.69) is 20.8 Å². The molecule has 1 amide bonds. The van der Waals surface area contributed by atoms with Crippen LogP contribution in [0.4, 0.5) is 5.00 Å². The highest BCUT2D eigenvalue weighted by Crippen LogP contribution is 2.38. The Kier molecular flexibility index (Phi) is 6.14. The number of aromatic nitrogens is 4. The van der Waals surface area contributed by atoms with Crippen LogP contribution < -0.4 is 5.32 Å². The summed E-state index contributed by atoms with van der Waals surface area (Å²) in [6, 6.07) is 7.80. The quantitative estimate of drug-likeness (QED) is 0.460.